The molecule has 3 aromatic rings. The van der Waals surface area contributed by atoms with Crippen molar-refractivity contribution in [1.29, 1.82) is 0 Å². The summed E-state index contributed by atoms with van der Waals surface area (Å²) >= 11 is 0. The lowest BCUT2D eigenvalue weighted by atomic mass is 10.3. The molecular formula is C18H20FN7O. The summed E-state index contributed by atoms with van der Waals surface area (Å²) in [6.45, 7) is 3.56. The molecule has 1 fully saturated rings. The first-order valence-electron chi connectivity index (χ1n) is 8.74. The number of aromatic nitrogens is 4. The Bertz CT molecular complexity index is 985. The van der Waals surface area contributed by atoms with E-state index in [1.54, 1.807) is 12.3 Å². The fraction of sp³-hybridized carbons (Fsp3) is 0.333. The lowest BCUT2D eigenvalue weighted by Crippen LogP contribution is -2.30. The molecule has 1 unspecified atom stereocenters. The molecule has 9 heteroatoms. The second-order valence-electron chi connectivity index (χ2n) is 6.62. The van der Waals surface area contributed by atoms with E-state index in [0.717, 1.165) is 31.0 Å². The van der Waals surface area contributed by atoms with Crippen LogP contribution in [0.1, 0.15) is 22.6 Å². The number of hydrogen-bond acceptors (Lipinski definition) is 6. The summed E-state index contributed by atoms with van der Waals surface area (Å²) in [5.74, 6) is -0.353. The first-order valence-corrected chi connectivity index (χ1v) is 8.74. The predicted molar refractivity (Wildman–Crippen MR) is 99.5 cm³/mol. The summed E-state index contributed by atoms with van der Waals surface area (Å²) in [6, 6.07) is 3.77. The number of likely N-dealkylation sites (N-methyl/N-ethyl adjacent to an activating group) is 1. The first-order chi connectivity index (χ1) is 13.0. The Labute approximate surface area is 155 Å². The lowest BCUT2D eigenvalue weighted by molar-refractivity contribution is 0.102. The highest BCUT2D eigenvalue weighted by atomic mass is 19.1. The highest BCUT2D eigenvalue weighted by molar-refractivity contribution is 6.03. The van der Waals surface area contributed by atoms with Crippen LogP contribution >= 0.6 is 0 Å². The molecule has 0 aliphatic carbocycles. The zero-order valence-electron chi connectivity index (χ0n) is 15.1. The molecule has 0 radical (unpaired) electrons. The van der Waals surface area contributed by atoms with E-state index in [4.69, 9.17) is 0 Å². The van der Waals surface area contributed by atoms with Crippen LogP contribution in [-0.4, -0.2) is 51.7 Å². The van der Waals surface area contributed by atoms with Crippen LogP contribution < -0.4 is 15.5 Å². The van der Waals surface area contributed by atoms with Crippen LogP contribution in [0.4, 0.5) is 15.9 Å². The van der Waals surface area contributed by atoms with Crippen molar-refractivity contribution in [3.05, 3.63) is 47.9 Å². The van der Waals surface area contributed by atoms with Gasteiger partial charge in [-0.15, -0.1) is 0 Å². The molecule has 1 saturated heterocycles. The molecule has 2 N–H and O–H groups in total. The average molecular weight is 369 g/mol. The van der Waals surface area contributed by atoms with Gasteiger partial charge < -0.3 is 15.5 Å². The highest BCUT2D eigenvalue weighted by Gasteiger charge is 2.22. The van der Waals surface area contributed by atoms with E-state index in [2.05, 4.69) is 30.6 Å². The maximum atomic E-state index is 14.2. The second-order valence-corrected chi connectivity index (χ2v) is 6.62. The van der Waals surface area contributed by atoms with Crippen LogP contribution in [-0.2, 0) is 0 Å². The topological polar surface area (TPSA) is 87.5 Å². The summed E-state index contributed by atoms with van der Waals surface area (Å²) in [4.78, 5) is 23.1. The van der Waals surface area contributed by atoms with Gasteiger partial charge in [0, 0.05) is 19.1 Å². The Morgan fingerprint density at radius 3 is 2.85 bits per heavy atom. The van der Waals surface area contributed by atoms with Gasteiger partial charge in [0.05, 0.1) is 35.5 Å². The molecule has 1 aliphatic heterocycles. The van der Waals surface area contributed by atoms with Gasteiger partial charge in [-0.3, -0.25) is 4.79 Å². The van der Waals surface area contributed by atoms with E-state index in [9.17, 15) is 9.18 Å². The number of carbonyl (C=O) groups excluding carboxylic acids is 1. The molecule has 0 spiro atoms. The van der Waals surface area contributed by atoms with Crippen molar-refractivity contribution in [2.45, 2.75) is 19.4 Å². The van der Waals surface area contributed by atoms with Gasteiger partial charge >= 0.3 is 0 Å². The zero-order valence-corrected chi connectivity index (χ0v) is 15.1. The molecule has 0 saturated carbocycles. The van der Waals surface area contributed by atoms with Gasteiger partial charge in [0.1, 0.15) is 11.5 Å². The van der Waals surface area contributed by atoms with Gasteiger partial charge in [-0.05, 0) is 32.5 Å². The Morgan fingerprint density at radius 1 is 1.30 bits per heavy atom. The standard InChI is InChI=1S/C18H20FN7O/c1-11-5-13-6-15(14(19)10-26(13)24-11)23-18(27)16-7-22-17(8-21-16)25-4-3-12(9-25)20-2/h5-8,10,12,20H,3-4,9H2,1-2H3,(H,23,27). The maximum absolute atomic E-state index is 14.2. The fourth-order valence-corrected chi connectivity index (χ4v) is 3.23. The third-order valence-corrected chi connectivity index (χ3v) is 4.71. The molecular weight excluding hydrogens is 349 g/mol. The number of rotatable bonds is 4. The molecule has 3 aromatic heterocycles. The van der Waals surface area contributed by atoms with Gasteiger partial charge in [-0.2, -0.15) is 5.10 Å². The molecule has 1 aliphatic rings. The number of fused-ring (bicyclic) bond motifs is 1. The molecule has 8 nitrogen and oxygen atoms in total. The van der Waals surface area contributed by atoms with E-state index in [1.807, 2.05) is 14.0 Å². The van der Waals surface area contributed by atoms with Gasteiger partial charge in [0.25, 0.3) is 5.91 Å². The van der Waals surface area contributed by atoms with Crippen molar-refractivity contribution >= 4 is 22.9 Å². The third-order valence-electron chi connectivity index (χ3n) is 4.71. The average Bonchev–Trinajstić information content (AvgIpc) is 3.27. The smallest absolute Gasteiger partial charge is 0.275 e. The molecule has 0 aromatic carbocycles. The largest absolute Gasteiger partial charge is 0.354 e. The minimum absolute atomic E-state index is 0.0784. The van der Waals surface area contributed by atoms with E-state index in [0.29, 0.717) is 11.6 Å². The lowest BCUT2D eigenvalue weighted by Gasteiger charge is -2.17. The molecule has 1 atom stereocenters. The summed E-state index contributed by atoms with van der Waals surface area (Å²) in [5.41, 5.74) is 1.67. The number of nitrogens with zero attached hydrogens (tertiary/aromatic N) is 5. The van der Waals surface area contributed by atoms with E-state index >= 15 is 0 Å². The Balaban J connectivity index is 1.49. The Hall–Kier alpha value is -3.07. The van der Waals surface area contributed by atoms with Gasteiger partial charge in [-0.1, -0.05) is 0 Å². The highest BCUT2D eigenvalue weighted by Crippen LogP contribution is 2.20. The molecule has 4 heterocycles. The van der Waals surface area contributed by atoms with Crippen LogP contribution in [0.5, 0.6) is 0 Å². The summed E-state index contributed by atoms with van der Waals surface area (Å²) < 4.78 is 15.7. The normalized spacial score (nSPS) is 16.9. The van der Waals surface area contributed by atoms with Gasteiger partial charge in [0.15, 0.2) is 5.82 Å². The molecule has 0 bridgehead atoms. The van der Waals surface area contributed by atoms with E-state index in [1.165, 1.54) is 23.0 Å². The summed E-state index contributed by atoms with van der Waals surface area (Å²) in [5, 5.41) is 9.94. The minimum Gasteiger partial charge on any atom is -0.354 e. The number of hydrogen-bond donors (Lipinski definition) is 2. The number of pyridine rings is 1. The second kappa shape index (κ2) is 6.92. The molecule has 4 rings (SSSR count). The van der Waals surface area contributed by atoms with Crippen LogP contribution in [0.15, 0.2) is 30.7 Å². The Morgan fingerprint density at radius 2 is 2.15 bits per heavy atom. The van der Waals surface area contributed by atoms with Crippen molar-refractivity contribution in [2.75, 3.05) is 30.4 Å². The summed E-state index contributed by atoms with van der Waals surface area (Å²) in [7, 11) is 1.94. The van der Waals surface area contributed by atoms with E-state index in [-0.39, 0.29) is 11.4 Å². The quantitative estimate of drug-likeness (QED) is 0.727. The monoisotopic (exact) mass is 369 g/mol. The van der Waals surface area contributed by atoms with Crippen LogP contribution in [0.3, 0.4) is 0 Å². The predicted octanol–water partition coefficient (Wildman–Crippen LogP) is 1.62. The van der Waals surface area contributed by atoms with Crippen LogP contribution in [0.25, 0.3) is 5.52 Å². The van der Waals surface area contributed by atoms with Gasteiger partial charge in [0.2, 0.25) is 0 Å². The number of nitrogens with one attached hydrogen (secondary N) is 2. The molecule has 140 valence electrons. The number of anilines is 2. The molecule has 1 amide bonds. The molecule has 27 heavy (non-hydrogen) atoms. The maximum Gasteiger partial charge on any atom is 0.275 e. The first kappa shape index (κ1) is 17.3. The van der Waals surface area contributed by atoms with E-state index < -0.39 is 11.7 Å². The van der Waals surface area contributed by atoms with Crippen molar-refractivity contribution < 1.29 is 9.18 Å². The van der Waals surface area contributed by atoms with Gasteiger partial charge in [-0.25, -0.2) is 18.9 Å². The fourth-order valence-electron chi connectivity index (χ4n) is 3.23. The number of halogens is 1. The SMILES string of the molecule is CNC1CCN(c2cnc(C(=O)Nc3cc4cc(C)nn4cc3F)cn2)C1. The number of aryl methyl sites for hydroxylation is 1. The van der Waals surface area contributed by atoms with Crippen molar-refractivity contribution in [3.63, 3.8) is 0 Å². The minimum atomic E-state index is -0.571. The zero-order chi connectivity index (χ0) is 19.0. The number of carbonyl (C=O) groups is 1. The van der Waals surface area contributed by atoms with Crippen LogP contribution in [0.2, 0.25) is 0 Å². The third kappa shape index (κ3) is 3.45. The summed E-state index contributed by atoms with van der Waals surface area (Å²) in [6.07, 6.45) is 5.26. The number of amides is 1. The Kier molecular flexibility index (Phi) is 4.44. The van der Waals surface area contributed by atoms with Crippen molar-refractivity contribution in [1.82, 2.24) is 24.9 Å². The van der Waals surface area contributed by atoms with Crippen LogP contribution in [0, 0.1) is 12.7 Å². The van der Waals surface area contributed by atoms with Crippen molar-refractivity contribution in [2.24, 2.45) is 0 Å². The van der Waals surface area contributed by atoms with Crippen molar-refractivity contribution in [3.8, 4) is 0 Å².